The summed E-state index contributed by atoms with van der Waals surface area (Å²) in [6.45, 7) is 6.73. The molecule has 18 heavy (non-hydrogen) atoms. The number of carboxylic acids is 1. The Balaban J connectivity index is 4.15. The van der Waals surface area contributed by atoms with Crippen LogP contribution in [-0.4, -0.2) is 60.8 Å². The normalized spacial score (nSPS) is 11.6. The highest BCUT2D eigenvalue weighted by Gasteiger charge is 2.25. The minimum absolute atomic E-state index is 0.0861. The van der Waals surface area contributed by atoms with Crippen LogP contribution in [-0.2, 0) is 14.3 Å². The molecule has 0 spiro atoms. The molecular formula is C12H24N2O4. The number of carbonyl (C=O) groups is 2. The number of methoxy groups -OCH3 is 1. The van der Waals surface area contributed by atoms with Crippen LogP contribution in [0.25, 0.3) is 0 Å². The van der Waals surface area contributed by atoms with Gasteiger partial charge in [-0.25, -0.2) is 0 Å². The topological polar surface area (TPSA) is 78.9 Å². The van der Waals surface area contributed by atoms with Crippen LogP contribution < -0.4 is 5.32 Å². The molecule has 6 nitrogen and oxygen atoms in total. The summed E-state index contributed by atoms with van der Waals surface area (Å²) in [5, 5.41) is 11.6. The van der Waals surface area contributed by atoms with Crippen LogP contribution in [0.2, 0.25) is 0 Å². The Labute approximate surface area is 108 Å². The molecule has 106 valence electrons. The minimum atomic E-state index is -0.933. The van der Waals surface area contributed by atoms with Gasteiger partial charge in [-0.15, -0.1) is 0 Å². The van der Waals surface area contributed by atoms with Crippen molar-refractivity contribution in [1.29, 1.82) is 0 Å². The molecule has 1 amide bonds. The fourth-order valence-corrected chi connectivity index (χ4v) is 1.37. The third kappa shape index (κ3) is 8.03. The summed E-state index contributed by atoms with van der Waals surface area (Å²) < 4.78 is 4.87. The van der Waals surface area contributed by atoms with Crippen LogP contribution >= 0.6 is 0 Å². The highest BCUT2D eigenvalue weighted by molar-refractivity contribution is 5.79. The monoisotopic (exact) mass is 260 g/mol. The lowest BCUT2D eigenvalue weighted by atomic mass is 10.1. The third-order valence-corrected chi connectivity index (χ3v) is 2.46. The molecule has 0 aromatic rings. The first-order chi connectivity index (χ1) is 8.27. The van der Waals surface area contributed by atoms with Crippen molar-refractivity contribution in [2.45, 2.75) is 32.7 Å². The smallest absolute Gasteiger partial charge is 0.317 e. The Bertz CT molecular complexity index is 274. The largest absolute Gasteiger partial charge is 0.480 e. The number of aliphatic carboxylic acids is 1. The Morgan fingerprint density at radius 2 is 1.89 bits per heavy atom. The van der Waals surface area contributed by atoms with Crippen molar-refractivity contribution in [1.82, 2.24) is 10.2 Å². The molecule has 0 aliphatic carbocycles. The molecule has 0 unspecified atom stereocenters. The van der Waals surface area contributed by atoms with E-state index in [0.29, 0.717) is 13.2 Å². The molecule has 0 aromatic carbocycles. The van der Waals surface area contributed by atoms with Gasteiger partial charge in [0.2, 0.25) is 5.91 Å². The predicted molar refractivity (Wildman–Crippen MR) is 68.5 cm³/mol. The number of hydrogen-bond donors (Lipinski definition) is 2. The molecule has 0 aromatic heterocycles. The van der Waals surface area contributed by atoms with Crippen LogP contribution in [0.4, 0.5) is 0 Å². The van der Waals surface area contributed by atoms with Gasteiger partial charge in [0.05, 0.1) is 13.1 Å². The van der Waals surface area contributed by atoms with Gasteiger partial charge in [0.15, 0.2) is 0 Å². The van der Waals surface area contributed by atoms with Gasteiger partial charge >= 0.3 is 5.97 Å². The van der Waals surface area contributed by atoms with Crippen molar-refractivity contribution in [3.8, 4) is 0 Å². The lowest BCUT2D eigenvalue weighted by Crippen LogP contribution is -2.49. The second-order valence-electron chi connectivity index (χ2n) is 5.12. The molecule has 0 rings (SSSR count). The van der Waals surface area contributed by atoms with Crippen LogP contribution in [0, 0.1) is 0 Å². The molecular weight excluding hydrogens is 236 g/mol. The lowest BCUT2D eigenvalue weighted by molar-refractivity contribution is -0.140. The maximum atomic E-state index is 11.7. The molecule has 0 atom stereocenters. The van der Waals surface area contributed by atoms with Gasteiger partial charge in [0.1, 0.15) is 0 Å². The summed E-state index contributed by atoms with van der Waals surface area (Å²) in [7, 11) is 1.61. The molecule has 0 heterocycles. The Kier molecular flexibility index (Phi) is 7.54. The lowest BCUT2D eigenvalue weighted by Gasteiger charge is -2.33. The van der Waals surface area contributed by atoms with E-state index < -0.39 is 5.97 Å². The summed E-state index contributed by atoms with van der Waals surface area (Å²) in [6.07, 6.45) is 0.747. The van der Waals surface area contributed by atoms with E-state index in [0.717, 1.165) is 6.42 Å². The first-order valence-electron chi connectivity index (χ1n) is 6.00. The van der Waals surface area contributed by atoms with Crippen molar-refractivity contribution in [3.63, 3.8) is 0 Å². The summed E-state index contributed by atoms with van der Waals surface area (Å²) in [4.78, 5) is 24.0. The summed E-state index contributed by atoms with van der Waals surface area (Å²) >= 11 is 0. The van der Waals surface area contributed by atoms with E-state index in [1.54, 1.807) is 12.0 Å². The number of hydrogen-bond acceptors (Lipinski definition) is 4. The maximum Gasteiger partial charge on any atom is 0.317 e. The quantitative estimate of drug-likeness (QED) is 0.615. The number of ether oxygens (including phenoxy) is 1. The predicted octanol–water partition coefficient (Wildman–Crippen LogP) is 0.324. The van der Waals surface area contributed by atoms with Crippen LogP contribution in [0.1, 0.15) is 27.2 Å². The highest BCUT2D eigenvalue weighted by atomic mass is 16.5. The molecule has 0 fully saturated rings. The van der Waals surface area contributed by atoms with E-state index in [1.165, 1.54) is 0 Å². The van der Waals surface area contributed by atoms with E-state index in [-0.39, 0.29) is 24.5 Å². The van der Waals surface area contributed by atoms with E-state index >= 15 is 0 Å². The van der Waals surface area contributed by atoms with Gasteiger partial charge in [0, 0.05) is 25.8 Å². The zero-order chi connectivity index (χ0) is 14.2. The third-order valence-electron chi connectivity index (χ3n) is 2.46. The van der Waals surface area contributed by atoms with E-state index in [1.807, 2.05) is 20.8 Å². The zero-order valence-corrected chi connectivity index (χ0v) is 11.7. The van der Waals surface area contributed by atoms with E-state index in [4.69, 9.17) is 9.84 Å². The fourth-order valence-electron chi connectivity index (χ4n) is 1.37. The first kappa shape index (κ1) is 16.9. The van der Waals surface area contributed by atoms with Crippen LogP contribution in [0.3, 0.4) is 0 Å². The Hall–Kier alpha value is -1.14. The molecule has 0 bridgehead atoms. The summed E-state index contributed by atoms with van der Waals surface area (Å²) in [5.74, 6) is -1.10. The number of carboxylic acid groups (broad SMARTS) is 1. The van der Waals surface area contributed by atoms with Crippen molar-refractivity contribution in [2.24, 2.45) is 0 Å². The minimum Gasteiger partial charge on any atom is -0.480 e. The Morgan fingerprint density at radius 1 is 1.28 bits per heavy atom. The SMILES string of the molecule is COCCCNC(=O)CN(CC(=O)O)C(C)(C)C. The molecule has 0 radical (unpaired) electrons. The molecule has 6 heteroatoms. The van der Waals surface area contributed by atoms with E-state index in [2.05, 4.69) is 5.32 Å². The number of carbonyl (C=O) groups excluding carboxylic acids is 1. The number of rotatable bonds is 8. The first-order valence-corrected chi connectivity index (χ1v) is 6.00. The number of nitrogens with one attached hydrogen (secondary N) is 1. The fraction of sp³-hybridized carbons (Fsp3) is 0.833. The zero-order valence-electron chi connectivity index (χ0n) is 11.7. The average molecular weight is 260 g/mol. The highest BCUT2D eigenvalue weighted by Crippen LogP contribution is 2.11. The Morgan fingerprint density at radius 3 is 2.33 bits per heavy atom. The van der Waals surface area contributed by atoms with Crippen molar-refractivity contribution in [2.75, 3.05) is 33.4 Å². The van der Waals surface area contributed by atoms with Gasteiger partial charge in [-0.3, -0.25) is 14.5 Å². The van der Waals surface area contributed by atoms with Crippen molar-refractivity contribution < 1.29 is 19.4 Å². The second-order valence-corrected chi connectivity index (χ2v) is 5.12. The summed E-state index contributed by atoms with van der Waals surface area (Å²) in [6, 6.07) is 0. The van der Waals surface area contributed by atoms with Crippen molar-refractivity contribution >= 4 is 11.9 Å². The van der Waals surface area contributed by atoms with Crippen LogP contribution in [0.15, 0.2) is 0 Å². The van der Waals surface area contributed by atoms with Gasteiger partial charge in [-0.1, -0.05) is 0 Å². The van der Waals surface area contributed by atoms with E-state index in [9.17, 15) is 9.59 Å². The van der Waals surface area contributed by atoms with Crippen LogP contribution in [0.5, 0.6) is 0 Å². The van der Waals surface area contributed by atoms with Gasteiger partial charge in [-0.2, -0.15) is 0 Å². The standard InChI is InChI=1S/C12H24N2O4/c1-12(2,3)14(9-11(16)17)8-10(15)13-6-5-7-18-4/h5-9H2,1-4H3,(H,13,15)(H,16,17). The second kappa shape index (κ2) is 8.05. The maximum absolute atomic E-state index is 11.7. The molecule has 0 aliphatic heterocycles. The van der Waals surface area contributed by atoms with Crippen molar-refractivity contribution in [3.05, 3.63) is 0 Å². The van der Waals surface area contributed by atoms with Gasteiger partial charge < -0.3 is 15.2 Å². The summed E-state index contributed by atoms with van der Waals surface area (Å²) in [5.41, 5.74) is -0.359. The molecule has 0 saturated carbocycles. The van der Waals surface area contributed by atoms with Gasteiger partial charge in [0.25, 0.3) is 0 Å². The number of nitrogens with zero attached hydrogens (tertiary/aromatic N) is 1. The number of amides is 1. The molecule has 2 N–H and O–H groups in total. The van der Waals surface area contributed by atoms with Gasteiger partial charge in [-0.05, 0) is 27.2 Å². The molecule has 0 saturated heterocycles. The average Bonchev–Trinajstić information content (AvgIpc) is 2.21. The molecule has 0 aliphatic rings.